The Morgan fingerprint density at radius 1 is 0.833 bits per heavy atom. The van der Waals surface area contributed by atoms with Crippen LogP contribution in [-0.4, -0.2) is 55.2 Å². The molecule has 0 saturated heterocycles. The van der Waals surface area contributed by atoms with E-state index >= 15 is 0 Å². The maximum atomic E-state index is 12.6. The highest BCUT2D eigenvalue weighted by molar-refractivity contribution is 5.75. The van der Waals surface area contributed by atoms with Crippen LogP contribution >= 0.6 is 0 Å². The summed E-state index contributed by atoms with van der Waals surface area (Å²) in [5, 5.41) is 9.78. The summed E-state index contributed by atoms with van der Waals surface area (Å²) < 4.78 is 26.7. The molecule has 1 aromatic carbocycles. The van der Waals surface area contributed by atoms with Crippen LogP contribution < -0.4 is 15.2 Å². The van der Waals surface area contributed by atoms with E-state index in [0.717, 1.165) is 44.9 Å². The van der Waals surface area contributed by atoms with E-state index in [0.29, 0.717) is 5.56 Å². The van der Waals surface area contributed by atoms with Crippen LogP contribution in [0, 0.1) is 23.7 Å². The number of esters is 1. The average Bonchev–Trinajstić information content (AvgIpc) is 2.98. The fraction of sp³-hybridized carbons (Fsp3) is 0.677. The molecule has 1 saturated carbocycles. The number of carboxylic acid groups (broad SMARTS) is 1. The number of carbonyl (C=O) groups excluding carboxylic acids is 3. The fourth-order valence-electron chi connectivity index (χ4n) is 4.61. The van der Waals surface area contributed by atoms with E-state index < -0.39 is 36.2 Å². The molecule has 0 aliphatic heterocycles. The molecule has 5 atom stereocenters. The third kappa shape index (κ3) is 11.2. The van der Waals surface area contributed by atoms with Gasteiger partial charge in [-0.15, -0.1) is 0 Å². The van der Waals surface area contributed by atoms with Gasteiger partial charge in [-0.1, -0.05) is 72.8 Å². The normalized spacial score (nSPS) is 17.2. The molecule has 11 nitrogen and oxygen atoms in total. The van der Waals surface area contributed by atoms with Gasteiger partial charge in [-0.25, -0.2) is 9.59 Å². The zero-order valence-electron chi connectivity index (χ0n) is 25.5. The van der Waals surface area contributed by atoms with Crippen molar-refractivity contribution in [3.63, 3.8) is 0 Å². The summed E-state index contributed by atoms with van der Waals surface area (Å²) in [5.74, 6) is -3.12. The number of aliphatic carboxylic acids is 1. The molecule has 0 spiro atoms. The summed E-state index contributed by atoms with van der Waals surface area (Å²) in [4.78, 5) is 49.5. The van der Waals surface area contributed by atoms with Gasteiger partial charge < -0.3 is 34.5 Å². The van der Waals surface area contributed by atoms with Gasteiger partial charge in [0, 0.05) is 5.92 Å². The minimum absolute atomic E-state index is 0.0473. The molecule has 1 aliphatic carbocycles. The molecular formula is C31H47NO10. The lowest BCUT2D eigenvalue weighted by Gasteiger charge is -2.29. The number of benzene rings is 1. The van der Waals surface area contributed by atoms with E-state index in [1.54, 1.807) is 6.92 Å². The maximum Gasteiger partial charge on any atom is 0.513 e. The molecule has 0 bridgehead atoms. The van der Waals surface area contributed by atoms with Crippen LogP contribution in [0.1, 0.15) is 91.0 Å². The van der Waals surface area contributed by atoms with Crippen molar-refractivity contribution >= 4 is 24.2 Å². The van der Waals surface area contributed by atoms with Crippen LogP contribution in [0.2, 0.25) is 0 Å². The van der Waals surface area contributed by atoms with Gasteiger partial charge >= 0.3 is 24.2 Å². The highest BCUT2D eigenvalue weighted by Gasteiger charge is 2.33. The van der Waals surface area contributed by atoms with Crippen molar-refractivity contribution in [3.8, 4) is 11.5 Å². The summed E-state index contributed by atoms with van der Waals surface area (Å²) in [7, 11) is 0. The summed E-state index contributed by atoms with van der Waals surface area (Å²) >= 11 is 0. The highest BCUT2D eigenvalue weighted by atomic mass is 16.7. The van der Waals surface area contributed by atoms with Gasteiger partial charge in [-0.2, -0.15) is 0 Å². The Morgan fingerprint density at radius 2 is 1.38 bits per heavy atom. The van der Waals surface area contributed by atoms with Crippen LogP contribution in [0.3, 0.4) is 0 Å². The molecule has 42 heavy (non-hydrogen) atoms. The van der Waals surface area contributed by atoms with Crippen molar-refractivity contribution in [1.29, 1.82) is 0 Å². The maximum absolute atomic E-state index is 12.6. The predicted octanol–water partition coefficient (Wildman–Crippen LogP) is 6.06. The molecular weight excluding hydrogens is 546 g/mol. The second kappa shape index (κ2) is 17.6. The van der Waals surface area contributed by atoms with Crippen LogP contribution in [0.15, 0.2) is 18.2 Å². The molecule has 1 aromatic rings. The molecule has 2 rings (SSSR count). The van der Waals surface area contributed by atoms with Crippen LogP contribution in [-0.2, 0) is 23.8 Å². The van der Waals surface area contributed by atoms with Gasteiger partial charge in [0.05, 0.1) is 25.7 Å². The quantitative estimate of drug-likeness (QED) is 0.138. The standard InChI is InChI=1S/C31H47NO10/c1-6-19(3)16-39-30(36)41-24-14-13-23(15-25(24)42-31(37)40-17-20(4)7-2)26(27(32)28(33)34)21(5)18-38-29(35)22-11-9-8-10-12-22/h13-15,19-22,26-27H,6-12,16-18,32H2,1-5H3,(H,33,34)/t19?,20?,21?,26?,27-/m0/s1. The first-order valence-electron chi connectivity index (χ1n) is 14.9. The summed E-state index contributed by atoms with van der Waals surface area (Å²) in [6, 6.07) is 2.92. The Balaban J connectivity index is 2.31. The Kier molecular flexibility index (Phi) is 14.6. The van der Waals surface area contributed by atoms with E-state index in [4.69, 9.17) is 29.4 Å². The molecule has 11 heteroatoms. The van der Waals surface area contributed by atoms with Gasteiger partial charge in [-0.3, -0.25) is 9.59 Å². The number of carbonyl (C=O) groups is 4. The number of carboxylic acids is 1. The molecule has 1 fully saturated rings. The fourth-order valence-corrected chi connectivity index (χ4v) is 4.61. The topological polar surface area (TPSA) is 161 Å². The number of nitrogens with two attached hydrogens (primary N) is 1. The molecule has 3 N–H and O–H groups in total. The van der Waals surface area contributed by atoms with E-state index in [1.165, 1.54) is 18.2 Å². The Morgan fingerprint density at radius 3 is 1.90 bits per heavy atom. The van der Waals surface area contributed by atoms with Gasteiger partial charge in [0.1, 0.15) is 6.04 Å². The van der Waals surface area contributed by atoms with Crippen molar-refractivity contribution in [2.45, 2.75) is 91.5 Å². The van der Waals surface area contributed by atoms with Crippen molar-refractivity contribution < 1.29 is 48.0 Å². The lowest BCUT2D eigenvalue weighted by Crippen LogP contribution is -2.41. The first-order valence-corrected chi connectivity index (χ1v) is 14.9. The third-order valence-corrected chi connectivity index (χ3v) is 7.82. The molecule has 1 aliphatic rings. The average molecular weight is 594 g/mol. The zero-order chi connectivity index (χ0) is 31.2. The van der Waals surface area contributed by atoms with Crippen molar-refractivity contribution in [1.82, 2.24) is 0 Å². The highest BCUT2D eigenvalue weighted by Crippen LogP contribution is 2.36. The Bertz CT molecular complexity index is 1040. The summed E-state index contributed by atoms with van der Waals surface area (Å²) in [6.45, 7) is 9.71. The van der Waals surface area contributed by atoms with Gasteiger partial charge in [0.25, 0.3) is 0 Å². The third-order valence-electron chi connectivity index (χ3n) is 7.82. The zero-order valence-corrected chi connectivity index (χ0v) is 25.5. The van der Waals surface area contributed by atoms with Gasteiger partial charge in [-0.05, 0) is 48.3 Å². The van der Waals surface area contributed by atoms with Crippen molar-refractivity contribution in [2.24, 2.45) is 29.4 Å². The van der Waals surface area contributed by atoms with Crippen molar-refractivity contribution in [2.75, 3.05) is 19.8 Å². The largest absolute Gasteiger partial charge is 0.513 e. The lowest BCUT2D eigenvalue weighted by atomic mass is 9.82. The number of ether oxygens (including phenoxy) is 5. The first kappa shape index (κ1) is 34.9. The van der Waals surface area contributed by atoms with Gasteiger partial charge in [0.15, 0.2) is 11.5 Å². The summed E-state index contributed by atoms with van der Waals surface area (Å²) in [5.41, 5.74) is 6.50. The second-order valence-corrected chi connectivity index (χ2v) is 11.4. The minimum atomic E-state index is -1.37. The van der Waals surface area contributed by atoms with E-state index in [-0.39, 0.29) is 55.0 Å². The molecule has 0 aromatic heterocycles. The second-order valence-electron chi connectivity index (χ2n) is 11.4. The monoisotopic (exact) mass is 593 g/mol. The number of hydrogen-bond acceptors (Lipinski definition) is 10. The number of rotatable bonds is 15. The van der Waals surface area contributed by atoms with Crippen LogP contribution in [0.4, 0.5) is 9.59 Å². The molecule has 236 valence electrons. The summed E-state index contributed by atoms with van der Waals surface area (Å²) in [6.07, 6.45) is 4.20. The molecule has 0 radical (unpaired) electrons. The van der Waals surface area contributed by atoms with E-state index in [2.05, 4.69) is 0 Å². The smallest absolute Gasteiger partial charge is 0.480 e. The van der Waals surface area contributed by atoms with E-state index in [9.17, 15) is 24.3 Å². The predicted molar refractivity (Wildman–Crippen MR) is 154 cm³/mol. The van der Waals surface area contributed by atoms with Crippen LogP contribution in [0.25, 0.3) is 0 Å². The molecule has 0 amide bonds. The Labute approximate surface area is 248 Å². The minimum Gasteiger partial charge on any atom is -0.480 e. The lowest BCUT2D eigenvalue weighted by molar-refractivity contribution is -0.151. The van der Waals surface area contributed by atoms with E-state index in [1.807, 2.05) is 27.7 Å². The Hall–Kier alpha value is -3.34. The van der Waals surface area contributed by atoms with Crippen LogP contribution in [0.5, 0.6) is 11.5 Å². The molecule has 4 unspecified atom stereocenters. The van der Waals surface area contributed by atoms with Crippen molar-refractivity contribution in [3.05, 3.63) is 23.8 Å². The SMILES string of the molecule is CCC(C)COC(=O)Oc1ccc(C(C(C)COC(=O)C2CCCCC2)[C@H](N)C(=O)O)cc1OC(=O)OCC(C)CC. The first-order chi connectivity index (χ1) is 20.0. The van der Waals surface area contributed by atoms with Gasteiger partial charge in [0.2, 0.25) is 0 Å². The molecule has 0 heterocycles. The number of hydrogen-bond donors (Lipinski definition) is 2.